The lowest BCUT2D eigenvalue weighted by Gasteiger charge is -2.39. The van der Waals surface area contributed by atoms with E-state index >= 15 is 19.2 Å². The highest BCUT2D eigenvalue weighted by molar-refractivity contribution is 6.00. The Bertz CT molecular complexity index is 3220. The number of fused-ring (bicyclic) bond motifs is 1. The van der Waals surface area contributed by atoms with Crippen LogP contribution in [0.15, 0.2) is 0 Å². The van der Waals surface area contributed by atoms with E-state index in [9.17, 15) is 83.1 Å². The Morgan fingerprint density at radius 2 is 1.23 bits per heavy atom. The Kier molecular flexibility index (Phi) is 43.6. The second kappa shape index (κ2) is 49.1. The van der Waals surface area contributed by atoms with Crippen LogP contribution in [-0.2, 0) is 86.2 Å². The van der Waals surface area contributed by atoms with Crippen molar-refractivity contribution in [2.45, 2.75) is 283 Å². The van der Waals surface area contributed by atoms with Gasteiger partial charge in [0.1, 0.15) is 72.6 Å². The summed E-state index contributed by atoms with van der Waals surface area (Å²) in [5.74, 6) is -25.1. The van der Waals surface area contributed by atoms with Crippen LogP contribution in [0.1, 0.15) is 186 Å². The number of amides is 14. The molecule has 0 aromatic rings. The Balaban J connectivity index is 3.11. The number of piperidine rings is 1. The van der Waals surface area contributed by atoms with Gasteiger partial charge in [0.2, 0.25) is 76.8 Å². The van der Waals surface area contributed by atoms with Gasteiger partial charge in [0.25, 0.3) is 5.91 Å². The minimum atomic E-state index is -2.69. The number of ether oxygens (including phenoxy) is 2. The predicted octanol–water partition coefficient (Wildman–Crippen LogP) is -4.73. The van der Waals surface area contributed by atoms with E-state index in [2.05, 4.69) is 47.9 Å². The first kappa shape index (κ1) is 100. The van der Waals surface area contributed by atoms with Crippen molar-refractivity contribution in [2.75, 3.05) is 40.4 Å². The molecular formula is C74H130N16O23. The van der Waals surface area contributed by atoms with Crippen LogP contribution in [-0.4, -0.2) is 267 Å². The number of nitrogens with one attached hydrogen (secondary N) is 9. The number of carbonyl (C=O) groups is 16. The SMILES string of the molecule is CCC[C@@H](C)C[C@@H](C)[C@@H](O)[C@@H](C)C(=O)N[C@H](CCCN)C(=O)N[C@@H](CCC(N)=O)[C@@H](O)[C@@H](O)C(=O)N[C@H](C(=O)NC1C(=O)N[C@H](CO)C(=O)NC(CCCN)C(=O)N[C@@H](CC(C)C)C(=O)N(C)[C@@H](CCC(N)=O)C(=O)NC([C@@H](C)OC)C(=O)N[C@H](CC(=O)O)C(=O)N2CCCC[C@H]2C(=O)O[C@H]1[C@H](C)C(C)C)[C@@H](C)[C@@H](C)C(N)=O. The van der Waals surface area contributed by atoms with E-state index in [-0.39, 0.29) is 82.8 Å². The van der Waals surface area contributed by atoms with E-state index in [0.29, 0.717) is 6.42 Å². The highest BCUT2D eigenvalue weighted by Crippen LogP contribution is 2.29. The molecule has 22 atom stereocenters. The van der Waals surface area contributed by atoms with Crippen molar-refractivity contribution in [3.63, 3.8) is 0 Å². The summed E-state index contributed by atoms with van der Waals surface area (Å²) in [5, 5.41) is 78.4. The van der Waals surface area contributed by atoms with Crippen LogP contribution in [0.3, 0.4) is 0 Å². The largest absolute Gasteiger partial charge is 0.481 e. The van der Waals surface area contributed by atoms with Gasteiger partial charge in [-0.25, -0.2) is 4.79 Å². The van der Waals surface area contributed by atoms with Gasteiger partial charge in [-0.15, -0.1) is 0 Å². The monoisotopic (exact) mass is 1610 g/mol. The van der Waals surface area contributed by atoms with E-state index in [1.165, 1.54) is 34.6 Å². The van der Waals surface area contributed by atoms with E-state index in [1.54, 1.807) is 34.6 Å². The molecule has 644 valence electrons. The molecule has 0 aliphatic carbocycles. The maximum atomic E-state index is 15.5. The summed E-state index contributed by atoms with van der Waals surface area (Å²) in [4.78, 5) is 230. The molecule has 0 aromatic carbocycles. The number of nitrogens with zero attached hydrogens (tertiary/aromatic N) is 2. The molecule has 14 amide bonds. The number of primary amides is 3. The van der Waals surface area contributed by atoms with Crippen molar-refractivity contribution >= 4 is 94.6 Å². The van der Waals surface area contributed by atoms with Gasteiger partial charge < -0.3 is 121 Å². The Morgan fingerprint density at radius 3 is 1.78 bits per heavy atom. The number of rotatable bonds is 40. The molecule has 39 nitrogen and oxygen atoms in total. The smallest absolute Gasteiger partial charge is 0.329 e. The molecule has 0 bridgehead atoms. The molecule has 0 radical (unpaired) electrons. The van der Waals surface area contributed by atoms with Gasteiger partial charge in [-0.2, -0.15) is 0 Å². The minimum Gasteiger partial charge on any atom is -0.481 e. The van der Waals surface area contributed by atoms with Crippen molar-refractivity contribution in [3.8, 4) is 0 Å². The third kappa shape index (κ3) is 31.5. The van der Waals surface area contributed by atoms with Crippen molar-refractivity contribution in [2.24, 2.45) is 76.0 Å². The second-order valence-electron chi connectivity index (χ2n) is 31.0. The summed E-state index contributed by atoms with van der Waals surface area (Å²) < 4.78 is 11.8. The number of cyclic esters (lactones) is 1. The Labute approximate surface area is 660 Å². The molecule has 2 rings (SSSR count). The number of hydrogen-bond donors (Lipinski definition) is 19. The molecule has 2 heterocycles. The molecular weight excluding hydrogens is 1480 g/mol. The fourth-order valence-electron chi connectivity index (χ4n) is 13.6. The minimum absolute atomic E-state index is 0.0193. The van der Waals surface area contributed by atoms with Crippen molar-refractivity contribution in [1.82, 2.24) is 57.7 Å². The van der Waals surface area contributed by atoms with Crippen LogP contribution in [0.5, 0.6) is 0 Å². The summed E-state index contributed by atoms with van der Waals surface area (Å²) in [6.07, 6.45) is -10.6. The number of carbonyl (C=O) groups excluding carboxylic acids is 15. The van der Waals surface area contributed by atoms with Gasteiger partial charge in [-0.3, -0.25) is 71.9 Å². The molecule has 113 heavy (non-hydrogen) atoms. The molecule has 0 spiro atoms. The van der Waals surface area contributed by atoms with E-state index in [1.807, 2.05) is 13.8 Å². The lowest BCUT2D eigenvalue weighted by Crippen LogP contribution is -2.65. The van der Waals surface area contributed by atoms with Gasteiger partial charge in [-0.1, -0.05) is 89.0 Å². The van der Waals surface area contributed by atoms with Gasteiger partial charge in [0.05, 0.1) is 37.2 Å². The average Bonchev–Trinajstić information content (AvgIpc) is 0.930. The van der Waals surface area contributed by atoms with Crippen LogP contribution in [0.4, 0.5) is 0 Å². The van der Waals surface area contributed by atoms with Crippen LogP contribution in [0.2, 0.25) is 0 Å². The first-order chi connectivity index (χ1) is 52.8. The maximum Gasteiger partial charge on any atom is 0.329 e. The number of carboxylic acid groups (broad SMARTS) is 1. The van der Waals surface area contributed by atoms with Crippen LogP contribution < -0.4 is 76.5 Å². The molecule has 2 fully saturated rings. The molecule has 2 saturated heterocycles. The highest BCUT2D eigenvalue weighted by atomic mass is 16.5. The van der Waals surface area contributed by atoms with Crippen LogP contribution in [0, 0.1) is 47.3 Å². The van der Waals surface area contributed by atoms with Crippen molar-refractivity contribution in [3.05, 3.63) is 0 Å². The van der Waals surface area contributed by atoms with E-state index in [4.69, 9.17) is 38.1 Å². The third-order valence-electron chi connectivity index (χ3n) is 21.2. The molecule has 24 N–H and O–H groups in total. The molecule has 2 aliphatic heterocycles. The summed E-state index contributed by atoms with van der Waals surface area (Å²) in [7, 11) is 2.31. The predicted molar refractivity (Wildman–Crippen MR) is 408 cm³/mol. The molecule has 2 aliphatic rings. The first-order valence-electron chi connectivity index (χ1n) is 39.0. The Morgan fingerprint density at radius 1 is 0.637 bits per heavy atom. The zero-order chi connectivity index (χ0) is 86.2. The number of aliphatic hydroxyl groups excluding tert-OH is 4. The Hall–Kier alpha value is -8.76. The normalized spacial score (nSPS) is 24.4. The number of nitrogens with two attached hydrogens (primary N) is 5. The second-order valence-corrected chi connectivity index (χ2v) is 31.0. The summed E-state index contributed by atoms with van der Waals surface area (Å²) in [5.41, 5.74) is 28.5. The maximum absolute atomic E-state index is 15.5. The fourth-order valence-corrected chi connectivity index (χ4v) is 13.6. The van der Waals surface area contributed by atoms with Crippen LogP contribution >= 0.6 is 0 Å². The summed E-state index contributed by atoms with van der Waals surface area (Å²) >= 11 is 0. The number of carboxylic acids is 1. The molecule has 0 aromatic heterocycles. The highest BCUT2D eigenvalue weighted by Gasteiger charge is 2.48. The lowest BCUT2D eigenvalue weighted by atomic mass is 9.85. The fraction of sp³-hybridized carbons (Fsp3) is 0.784. The number of hydrogen-bond acceptors (Lipinski definition) is 24. The van der Waals surface area contributed by atoms with Gasteiger partial charge in [0.15, 0.2) is 6.10 Å². The zero-order valence-corrected chi connectivity index (χ0v) is 67.9. The number of aliphatic hydroxyl groups is 4. The molecule has 0 saturated carbocycles. The zero-order valence-electron chi connectivity index (χ0n) is 67.9. The summed E-state index contributed by atoms with van der Waals surface area (Å²) in [6.45, 7) is 17.5. The first-order valence-corrected chi connectivity index (χ1v) is 39.0. The number of likely N-dealkylation sites (N-methyl/N-ethyl adjacent to an activating group) is 1. The number of esters is 1. The van der Waals surface area contributed by atoms with Gasteiger partial charge >= 0.3 is 11.9 Å². The van der Waals surface area contributed by atoms with Crippen molar-refractivity contribution in [1.29, 1.82) is 0 Å². The van der Waals surface area contributed by atoms with Crippen LogP contribution in [0.25, 0.3) is 0 Å². The van der Waals surface area contributed by atoms with E-state index in [0.717, 1.165) is 36.8 Å². The standard InChI is InChI=1S/C74H130N16O23/c1-15-20-37(6)32-38(7)58(96)42(11)63(100)81-45(21-18-28-75)64(101)80-44(24-26-52(77)92)59(97)60(98)71(108)86-55(40(9)41(10)62(79)99)68(105)88-57-61(39(8)36(4)5)113-74(111)51-23-16-17-30-90(51)73(110)48(33-54(94)95)84-69(106)56(43(12)112-14)87-67(104)50(25-27-53(78)93)89(13)72(109)47(31-35(2)3)83-65(102)46(22-19-29-76)82-66(103)49(34-91)85-70(57)107/h35-51,55-61,91,96-98H,15-34,75-76H2,1-14H3,(H2,77,92)(H2,78,93)(H2,79,99)(H,80,101)(H,81,100)(H,82,103)(H,83,102)(H,84,106)(H,85,107)(H,86,108)(H,87,104)(H,88,105)(H,94,95)/t37-,38-,39-,40+,41-,42-,43-,44+,45-,46?,47+,48-,49-,50+,51+,55+,56?,57?,58-,59-,60-,61+/m1/s1. The molecule has 3 unspecified atom stereocenters. The van der Waals surface area contributed by atoms with Crippen molar-refractivity contribution < 1.29 is 112 Å². The number of methoxy groups -OCH3 is 1. The quantitative estimate of drug-likeness (QED) is 0.0256. The van der Waals surface area contributed by atoms with Gasteiger partial charge in [0, 0.05) is 39.5 Å². The number of aliphatic carboxylic acids is 1. The average molecular weight is 1610 g/mol. The lowest BCUT2D eigenvalue weighted by molar-refractivity contribution is -0.168. The third-order valence-corrected chi connectivity index (χ3v) is 21.2. The summed E-state index contributed by atoms with van der Waals surface area (Å²) in [6, 6.07) is -20.1. The topological polar surface area (TPSA) is 638 Å². The van der Waals surface area contributed by atoms with Gasteiger partial charge in [-0.05, 0) is 126 Å². The molecule has 39 heteroatoms. The van der Waals surface area contributed by atoms with E-state index < -0.39 is 266 Å².